The van der Waals surface area contributed by atoms with Crippen LogP contribution in [0.3, 0.4) is 0 Å². The van der Waals surface area contributed by atoms with Crippen LogP contribution in [0.25, 0.3) is 0 Å². The third-order valence-electron chi connectivity index (χ3n) is 25.3. The zero-order valence-corrected chi connectivity index (χ0v) is 80.5. The standard InChI is InChI=1S/C19H23BrClNO2.C18H22BrClN2O2.C18H20Cl3NO3.C17H18BrCl2NO2.C16H19BrClNO2/c1-3-12-10-14(20)11-13(4-2)15(12)19(21)16(23)18(22-17(19)24)8-6-5-7-9-18;1-4-13-9-12(3)10-14(19)15(13)18(20)16(23)21-17(22(18)24)7-5-11(2)6-8-17;1-3-10-8-11(19)9-13(20)14(10)18(21)15(23)17(22-16(18)24)6-4-12(25-2)5-7-17;1-2-10-8-11(19)9-12(18)13(10)17(20)14(22)16(21-15(17)23)6-4-3-5-7-16;1-5-9-7-11(17)8-10(6-2)12(9)16(18)13(20)15(3,4)19-14(16)21/h10-11H,3-9H2,1-2H3,(H,22,24);9-11H,4-8H2,1-3H3;8-9,12H,3-7H2,1-2H3,(H,22,24);8-9H,2-7H2,1H3,(H,21,23);7-8H,5-6H2,1-4H3,(H,19,21)/p+1. The summed E-state index contributed by atoms with van der Waals surface area (Å²) in [4.78, 5) is 122. The predicted octanol–water partition coefficient (Wildman–Crippen LogP) is 20.9. The number of aryl methyl sites for hydroxylation is 8. The Kier molecular flexibility index (Phi) is 30.1. The Hall–Kier alpha value is -4.07. The molecule has 5 aromatic rings. The number of halogens is 12. The Morgan fingerprint density at radius 2 is 0.744 bits per heavy atom. The van der Waals surface area contributed by atoms with E-state index < -0.39 is 75.9 Å². The van der Waals surface area contributed by atoms with Gasteiger partial charge < -0.3 is 26.0 Å². The molecule has 17 nitrogen and oxygen atoms in total. The lowest BCUT2D eigenvalue weighted by Crippen LogP contribution is -2.50. The van der Waals surface area contributed by atoms with Crippen LogP contribution in [0.15, 0.2) is 78.6 Å². The average Bonchev–Trinajstić information content (AvgIpc) is 1.60. The summed E-state index contributed by atoms with van der Waals surface area (Å²) in [5.41, 5.74) is 5.82. The van der Waals surface area contributed by atoms with Gasteiger partial charge in [0.25, 0.3) is 29.3 Å². The van der Waals surface area contributed by atoms with E-state index in [1.165, 1.54) is 6.07 Å². The molecule has 0 radical (unpaired) electrons. The molecule has 5 atom stereocenters. The first kappa shape index (κ1) is 95.2. The number of carbonyl (C=O) groups is 9. The minimum Gasteiger partial charge on any atom is -0.381 e. The van der Waals surface area contributed by atoms with Crippen LogP contribution in [0.2, 0.25) is 15.1 Å². The summed E-state index contributed by atoms with van der Waals surface area (Å²) < 4.78 is 9.42. The van der Waals surface area contributed by atoms with E-state index in [0.29, 0.717) is 155 Å². The smallest absolute Gasteiger partial charge is 0.381 e. The normalized spacial score (nSPS) is 28.6. The van der Waals surface area contributed by atoms with E-state index in [0.717, 1.165) is 117 Å². The van der Waals surface area contributed by atoms with E-state index >= 15 is 0 Å². The van der Waals surface area contributed by atoms with Crippen molar-refractivity contribution in [1.82, 2.24) is 26.6 Å². The van der Waals surface area contributed by atoms with Gasteiger partial charge >= 0.3 is 10.9 Å². The summed E-state index contributed by atoms with van der Waals surface area (Å²) in [7, 11) is 1.66. The topological polar surface area (TPSA) is 243 Å². The quantitative estimate of drug-likeness (QED) is 0.0321. The second-order valence-electron chi connectivity index (χ2n) is 33.1. The van der Waals surface area contributed by atoms with Crippen molar-refractivity contribution in [2.75, 3.05) is 7.11 Å². The van der Waals surface area contributed by atoms with Crippen LogP contribution in [-0.4, -0.2) is 98.5 Å². The number of amides is 5. The maximum Gasteiger partial charge on any atom is 0.391 e. The van der Waals surface area contributed by atoms with Gasteiger partial charge in [0.1, 0.15) is 16.6 Å². The molecule has 4 saturated carbocycles. The fourth-order valence-electron chi connectivity index (χ4n) is 18.9. The minimum atomic E-state index is -1.81. The van der Waals surface area contributed by atoms with Gasteiger partial charge in [0.2, 0.25) is 19.5 Å². The largest absolute Gasteiger partial charge is 0.391 e. The number of methoxy groups -OCH3 is 1. The highest BCUT2D eigenvalue weighted by atomic mass is 79.9. The molecule has 0 aromatic heterocycles. The van der Waals surface area contributed by atoms with Gasteiger partial charge in [-0.25, -0.2) is 0 Å². The molecule has 0 bridgehead atoms. The predicted molar refractivity (Wildman–Crippen MR) is 479 cm³/mol. The van der Waals surface area contributed by atoms with Crippen molar-refractivity contribution >= 4 is 209 Å². The van der Waals surface area contributed by atoms with E-state index in [2.05, 4.69) is 97.2 Å². The zero-order valence-electron chi connectivity index (χ0n) is 68.1. The lowest BCUT2D eigenvalue weighted by atomic mass is 9.75. The number of nitrogens with zero attached hydrogens (tertiary/aromatic N) is 1. The molecule has 117 heavy (non-hydrogen) atoms. The van der Waals surface area contributed by atoms with Crippen molar-refractivity contribution in [1.29, 1.82) is 0 Å². The number of carbonyl (C=O) groups excluding carboxylic acids is 9. The van der Waals surface area contributed by atoms with Crippen LogP contribution < -0.4 is 26.6 Å². The Morgan fingerprint density at radius 1 is 0.402 bits per heavy atom. The molecule has 9 aliphatic rings. The Morgan fingerprint density at radius 3 is 1.14 bits per heavy atom. The summed E-state index contributed by atoms with van der Waals surface area (Å²) in [6.45, 7) is 21.4. The Labute approximate surface area is 760 Å². The van der Waals surface area contributed by atoms with Crippen molar-refractivity contribution < 1.29 is 52.6 Å². The number of hydrogen-bond donors (Lipinski definition) is 5. The van der Waals surface area contributed by atoms with Crippen LogP contribution in [0.5, 0.6) is 0 Å². The molecule has 5 saturated heterocycles. The van der Waals surface area contributed by atoms with Crippen molar-refractivity contribution in [3.63, 3.8) is 0 Å². The van der Waals surface area contributed by atoms with Crippen molar-refractivity contribution in [3.05, 3.63) is 171 Å². The average molecular weight is 2020 g/mol. The van der Waals surface area contributed by atoms with Gasteiger partial charge in [0.15, 0.2) is 23.1 Å². The molecule has 29 heteroatoms. The number of Topliss-reactive ketones (excluding diaryl/α,β-unsaturated/α-hetero) is 4. The van der Waals surface area contributed by atoms with E-state index in [-0.39, 0.29) is 40.2 Å². The second kappa shape index (κ2) is 37.0. The first-order valence-electron chi connectivity index (χ1n) is 40.6. The summed E-state index contributed by atoms with van der Waals surface area (Å²) in [5, 5.41) is 15.7. The molecule has 14 rings (SSSR count). The number of rotatable bonds is 13. The highest BCUT2D eigenvalue weighted by Gasteiger charge is 2.73. The molecular formula is C88H103Br4Cl8N6O11+. The van der Waals surface area contributed by atoms with Crippen molar-refractivity contribution in [2.24, 2.45) is 5.92 Å². The highest BCUT2D eigenvalue weighted by molar-refractivity contribution is 9.11. The van der Waals surface area contributed by atoms with Crippen molar-refractivity contribution in [2.45, 2.75) is 295 Å². The number of hydrogen-bond acceptors (Lipinski definition) is 11. The maximum absolute atomic E-state index is 13.4. The zero-order chi connectivity index (χ0) is 86.5. The molecule has 5 unspecified atom stereocenters. The molecule has 5 N–H and O–H groups in total. The highest BCUT2D eigenvalue weighted by Crippen LogP contribution is 2.55. The minimum absolute atomic E-state index is 0.103. The van der Waals surface area contributed by atoms with Gasteiger partial charge in [-0.1, -0.05) is 245 Å². The molecule has 9 fully saturated rings. The van der Waals surface area contributed by atoms with E-state index in [4.69, 9.17) is 97.5 Å². The van der Waals surface area contributed by atoms with E-state index in [1.807, 2.05) is 91.8 Å². The first-order chi connectivity index (χ1) is 54.9. The number of alkyl halides is 5. The van der Waals surface area contributed by atoms with Gasteiger partial charge in [-0.3, -0.25) is 48.5 Å². The number of ketones is 4. The summed E-state index contributed by atoms with van der Waals surface area (Å²) in [6.07, 6.45) is 19.1. The third-order valence-corrected chi connectivity index (χ3v) is 30.9. The second-order valence-corrected chi connectivity index (χ2v) is 40.7. The van der Waals surface area contributed by atoms with Gasteiger partial charge in [-0.05, 0) is 258 Å². The summed E-state index contributed by atoms with van der Waals surface area (Å²) >= 11 is 66.2. The van der Waals surface area contributed by atoms with Gasteiger partial charge in [0.05, 0.1) is 22.0 Å². The SMILES string of the molecule is CCc1cc(Br)cc(CC)c1C1(Cl)C(=O)NC(C)(C)C1=O.CCc1cc(Br)cc(CC)c1C1(Cl)C(=O)NC2(CCCCC2)C1=O.CCc1cc(C)cc(Br)c1C1(Cl)C(=O)NC2(CCC(C)CC2)[N+]1=O.CCc1cc(Cl)cc(Br)c1C1(Cl)C(=O)NC2(CCCCC2)C1=O.CCc1cc(Cl)cc(Cl)c1C1(Cl)C(=O)NC2(CCC(OC)CC2)C1=O. The van der Waals surface area contributed by atoms with Gasteiger partial charge in [0, 0.05) is 68.9 Å². The first-order valence-corrected chi connectivity index (χ1v) is 46.8. The number of benzene rings is 5. The number of ether oxygens (including phenoxy) is 1. The summed E-state index contributed by atoms with van der Waals surface area (Å²) in [5.74, 6) is -2.49. The lowest BCUT2D eigenvalue weighted by Gasteiger charge is -2.35. The molecule has 4 aliphatic carbocycles. The molecule has 4 spiro atoms. The van der Waals surface area contributed by atoms with Crippen LogP contribution in [0, 0.1) is 17.7 Å². The summed E-state index contributed by atoms with van der Waals surface area (Å²) in [6, 6.07) is 18.4. The molecule has 634 valence electrons. The van der Waals surface area contributed by atoms with Gasteiger partial charge in [-0.15, -0.1) is 0 Å². The van der Waals surface area contributed by atoms with Crippen LogP contribution in [0.4, 0.5) is 0 Å². The molecule has 5 aliphatic heterocycles. The van der Waals surface area contributed by atoms with Crippen molar-refractivity contribution in [3.8, 4) is 0 Å². The van der Waals surface area contributed by atoms with E-state index in [9.17, 15) is 48.1 Å². The Bertz CT molecular complexity index is 4780. The third kappa shape index (κ3) is 17.1. The monoisotopic (exact) mass is 2020 g/mol. The lowest BCUT2D eigenvalue weighted by molar-refractivity contribution is -0.660. The molecule has 5 aromatic carbocycles. The maximum atomic E-state index is 13.4. The molecule has 5 heterocycles. The fourth-order valence-corrected chi connectivity index (χ4v) is 25.4. The van der Waals surface area contributed by atoms with Crippen LogP contribution in [0.1, 0.15) is 257 Å². The van der Waals surface area contributed by atoms with Crippen LogP contribution >= 0.6 is 157 Å². The molecule has 5 amide bonds. The molecular weight excluding hydrogens is 1920 g/mol. The fraction of sp³-hybridized carbons (Fsp3) is 0.557. The van der Waals surface area contributed by atoms with Crippen LogP contribution in [-0.2, 0) is 117 Å². The van der Waals surface area contributed by atoms with E-state index in [1.54, 1.807) is 39.2 Å². The Balaban J connectivity index is 0.000000154. The number of nitrogens with one attached hydrogen (secondary N) is 5. The van der Waals surface area contributed by atoms with Gasteiger partial charge in [-0.2, -0.15) is 0 Å². The number of nitroso groups, excluding NO2 is 1.